The Morgan fingerprint density at radius 1 is 1.28 bits per heavy atom. The lowest BCUT2D eigenvalue weighted by Crippen LogP contribution is -2.48. The van der Waals surface area contributed by atoms with Gasteiger partial charge >= 0.3 is 0 Å². The van der Waals surface area contributed by atoms with Crippen LogP contribution in [0.1, 0.15) is 36.0 Å². The first kappa shape index (κ1) is 11.7. The second-order valence-electron chi connectivity index (χ2n) is 5.29. The summed E-state index contributed by atoms with van der Waals surface area (Å²) >= 11 is 0. The maximum atomic E-state index is 13.1. The molecule has 18 heavy (non-hydrogen) atoms. The van der Waals surface area contributed by atoms with Crippen LogP contribution in [0, 0.1) is 5.82 Å². The van der Waals surface area contributed by atoms with Gasteiger partial charge in [0.15, 0.2) is 0 Å². The van der Waals surface area contributed by atoms with Crippen LogP contribution >= 0.6 is 0 Å². The highest BCUT2D eigenvalue weighted by molar-refractivity contribution is 5.94. The van der Waals surface area contributed by atoms with Crippen LogP contribution in [-0.2, 0) is 0 Å². The van der Waals surface area contributed by atoms with Gasteiger partial charge < -0.3 is 10.6 Å². The van der Waals surface area contributed by atoms with Gasteiger partial charge in [-0.15, -0.1) is 0 Å². The molecule has 1 aromatic rings. The Labute approximate surface area is 106 Å². The van der Waals surface area contributed by atoms with E-state index in [4.69, 9.17) is 0 Å². The molecule has 96 valence electrons. The van der Waals surface area contributed by atoms with Crippen molar-refractivity contribution in [2.45, 2.75) is 43.8 Å². The quantitative estimate of drug-likeness (QED) is 0.838. The summed E-state index contributed by atoms with van der Waals surface area (Å²) in [5.74, 6) is -0.533. The van der Waals surface area contributed by atoms with Crippen molar-refractivity contribution in [3.63, 3.8) is 0 Å². The summed E-state index contributed by atoms with van der Waals surface area (Å²) < 4.78 is 13.1. The van der Waals surface area contributed by atoms with Crippen molar-refractivity contribution in [2.75, 3.05) is 0 Å². The summed E-state index contributed by atoms with van der Waals surface area (Å²) in [7, 11) is 0. The van der Waals surface area contributed by atoms with E-state index in [2.05, 4.69) is 10.6 Å². The Balaban J connectivity index is 1.64. The average molecular weight is 248 g/mol. The third-order valence-electron chi connectivity index (χ3n) is 3.90. The van der Waals surface area contributed by atoms with Crippen molar-refractivity contribution in [1.82, 2.24) is 10.6 Å². The zero-order valence-corrected chi connectivity index (χ0v) is 10.2. The van der Waals surface area contributed by atoms with E-state index in [9.17, 15) is 9.18 Å². The largest absolute Gasteiger partial charge is 0.349 e. The molecule has 4 heteroatoms. The number of benzene rings is 1. The van der Waals surface area contributed by atoms with Gasteiger partial charge in [0.05, 0.1) is 0 Å². The molecular weight excluding hydrogens is 231 g/mol. The predicted molar refractivity (Wildman–Crippen MR) is 66.8 cm³/mol. The van der Waals surface area contributed by atoms with Gasteiger partial charge in [0.2, 0.25) is 0 Å². The molecular formula is C14H17FN2O. The summed E-state index contributed by atoms with van der Waals surface area (Å²) in [5.41, 5.74) is 0.404. The van der Waals surface area contributed by atoms with Crippen LogP contribution in [-0.4, -0.2) is 24.0 Å². The Kier molecular flexibility index (Phi) is 3.04. The van der Waals surface area contributed by atoms with Crippen LogP contribution in [0.4, 0.5) is 4.39 Å². The number of halogens is 1. The van der Waals surface area contributed by atoms with E-state index >= 15 is 0 Å². The number of piperidine rings is 1. The monoisotopic (exact) mass is 248 g/mol. The highest BCUT2D eigenvalue weighted by Crippen LogP contribution is 2.26. The minimum absolute atomic E-state index is 0.166. The number of rotatable bonds is 2. The van der Waals surface area contributed by atoms with Crippen molar-refractivity contribution in [3.8, 4) is 0 Å². The van der Waals surface area contributed by atoms with E-state index in [-0.39, 0.29) is 17.8 Å². The molecule has 0 saturated carbocycles. The molecule has 2 fully saturated rings. The first-order chi connectivity index (χ1) is 8.70. The molecule has 2 unspecified atom stereocenters. The van der Waals surface area contributed by atoms with Crippen LogP contribution in [0.5, 0.6) is 0 Å². The SMILES string of the molecule is O=C(NC1CC2CCC(C1)N2)c1cccc(F)c1. The minimum Gasteiger partial charge on any atom is -0.349 e. The molecule has 1 aromatic carbocycles. The van der Waals surface area contributed by atoms with Gasteiger partial charge in [-0.2, -0.15) is 0 Å². The standard InChI is InChI=1S/C14H17FN2O/c15-10-3-1-2-9(6-10)14(18)17-13-7-11-4-5-12(8-13)16-11/h1-3,6,11-13,16H,4-5,7-8H2,(H,17,18). The molecule has 0 spiro atoms. The lowest BCUT2D eigenvalue weighted by Gasteiger charge is -2.29. The fourth-order valence-corrected chi connectivity index (χ4v) is 3.07. The molecule has 0 radical (unpaired) electrons. The second-order valence-corrected chi connectivity index (χ2v) is 5.29. The lowest BCUT2D eigenvalue weighted by atomic mass is 9.99. The number of nitrogens with one attached hydrogen (secondary N) is 2. The number of carbonyl (C=O) groups excluding carboxylic acids is 1. The maximum absolute atomic E-state index is 13.1. The molecule has 2 N–H and O–H groups in total. The van der Waals surface area contributed by atoms with E-state index in [1.807, 2.05) is 0 Å². The van der Waals surface area contributed by atoms with Crippen LogP contribution in [0.15, 0.2) is 24.3 Å². The third kappa shape index (κ3) is 2.38. The molecule has 0 aliphatic carbocycles. The van der Waals surface area contributed by atoms with Crippen LogP contribution in [0.2, 0.25) is 0 Å². The molecule has 2 aliphatic heterocycles. The molecule has 1 amide bonds. The highest BCUT2D eigenvalue weighted by atomic mass is 19.1. The van der Waals surface area contributed by atoms with Gasteiger partial charge in [-0.3, -0.25) is 4.79 Å². The fraction of sp³-hybridized carbons (Fsp3) is 0.500. The maximum Gasteiger partial charge on any atom is 0.251 e. The summed E-state index contributed by atoms with van der Waals surface area (Å²) in [6.07, 6.45) is 4.38. The zero-order valence-electron chi connectivity index (χ0n) is 10.2. The molecule has 0 aromatic heterocycles. The van der Waals surface area contributed by atoms with Crippen LogP contribution in [0.25, 0.3) is 0 Å². The van der Waals surface area contributed by atoms with Crippen LogP contribution < -0.4 is 10.6 Å². The van der Waals surface area contributed by atoms with E-state index in [1.54, 1.807) is 12.1 Å². The Morgan fingerprint density at radius 3 is 2.67 bits per heavy atom. The second kappa shape index (κ2) is 4.69. The number of hydrogen-bond donors (Lipinski definition) is 2. The molecule has 2 bridgehead atoms. The van der Waals surface area contributed by atoms with E-state index in [1.165, 1.54) is 25.0 Å². The summed E-state index contributed by atoms with van der Waals surface area (Å²) in [6, 6.07) is 7.15. The first-order valence-corrected chi connectivity index (χ1v) is 6.53. The molecule has 3 rings (SSSR count). The Hall–Kier alpha value is -1.42. The van der Waals surface area contributed by atoms with Crippen LogP contribution in [0.3, 0.4) is 0 Å². The lowest BCUT2D eigenvalue weighted by molar-refractivity contribution is 0.0923. The number of carbonyl (C=O) groups is 1. The highest BCUT2D eigenvalue weighted by Gasteiger charge is 2.34. The smallest absolute Gasteiger partial charge is 0.251 e. The van der Waals surface area contributed by atoms with Gasteiger partial charge in [0.25, 0.3) is 5.91 Å². The normalized spacial score (nSPS) is 30.2. The summed E-state index contributed by atoms with van der Waals surface area (Å²) in [4.78, 5) is 12.0. The Bertz CT molecular complexity index is 451. The van der Waals surface area contributed by atoms with Crippen molar-refractivity contribution in [2.24, 2.45) is 0 Å². The summed E-state index contributed by atoms with van der Waals surface area (Å²) in [6.45, 7) is 0. The van der Waals surface area contributed by atoms with Crippen molar-refractivity contribution >= 4 is 5.91 Å². The number of fused-ring (bicyclic) bond motifs is 2. The van der Waals surface area contributed by atoms with Gasteiger partial charge in [-0.05, 0) is 43.9 Å². The molecule has 2 saturated heterocycles. The van der Waals surface area contributed by atoms with E-state index in [0.717, 1.165) is 12.8 Å². The Morgan fingerprint density at radius 2 is 2.00 bits per heavy atom. The van der Waals surface area contributed by atoms with Gasteiger partial charge in [-0.25, -0.2) is 4.39 Å². The van der Waals surface area contributed by atoms with E-state index in [0.29, 0.717) is 17.6 Å². The predicted octanol–water partition coefficient (Wildman–Crippen LogP) is 1.84. The molecule has 2 atom stereocenters. The first-order valence-electron chi connectivity index (χ1n) is 6.53. The fourth-order valence-electron chi connectivity index (χ4n) is 3.07. The van der Waals surface area contributed by atoms with Crippen molar-refractivity contribution < 1.29 is 9.18 Å². The molecule has 2 heterocycles. The molecule has 2 aliphatic rings. The topological polar surface area (TPSA) is 41.1 Å². The van der Waals surface area contributed by atoms with Crippen molar-refractivity contribution in [3.05, 3.63) is 35.6 Å². The van der Waals surface area contributed by atoms with Crippen molar-refractivity contribution in [1.29, 1.82) is 0 Å². The van der Waals surface area contributed by atoms with E-state index < -0.39 is 0 Å². The summed E-state index contributed by atoms with van der Waals surface area (Å²) in [5, 5.41) is 6.55. The minimum atomic E-state index is -0.368. The third-order valence-corrected chi connectivity index (χ3v) is 3.90. The average Bonchev–Trinajstić information content (AvgIpc) is 2.69. The van der Waals surface area contributed by atoms with Gasteiger partial charge in [0, 0.05) is 23.7 Å². The zero-order chi connectivity index (χ0) is 12.5. The number of hydrogen-bond acceptors (Lipinski definition) is 2. The van der Waals surface area contributed by atoms with Gasteiger partial charge in [-0.1, -0.05) is 6.07 Å². The number of amides is 1. The van der Waals surface area contributed by atoms with Gasteiger partial charge in [0.1, 0.15) is 5.82 Å². The molecule has 3 nitrogen and oxygen atoms in total.